The van der Waals surface area contributed by atoms with Gasteiger partial charge in [0.2, 0.25) is 5.91 Å². The molecule has 0 aromatic heterocycles. The largest absolute Gasteiger partial charge is 0.478 e. The zero-order chi connectivity index (χ0) is 12.6. The molecule has 1 unspecified atom stereocenters. The van der Waals surface area contributed by atoms with Crippen LogP contribution in [0.4, 0.5) is 5.69 Å². The number of amides is 1. The molecule has 0 saturated heterocycles. The summed E-state index contributed by atoms with van der Waals surface area (Å²) >= 11 is 1.43. The van der Waals surface area contributed by atoms with Crippen molar-refractivity contribution in [2.75, 3.05) is 5.32 Å². The fourth-order valence-electron chi connectivity index (χ4n) is 1.69. The molecule has 0 radical (unpaired) electrons. The van der Waals surface area contributed by atoms with Crippen LogP contribution in [0.1, 0.15) is 24.2 Å². The molecular weight excluding hydrogens is 238 g/mol. The molecule has 1 aliphatic heterocycles. The smallest absolute Gasteiger partial charge is 0.335 e. The average Bonchev–Trinajstić information content (AvgIpc) is 2.27. The third-order valence-electron chi connectivity index (χ3n) is 2.60. The maximum atomic E-state index is 11.8. The number of carboxylic acid groups (broad SMARTS) is 1. The zero-order valence-electron chi connectivity index (χ0n) is 9.56. The molecule has 1 heterocycles. The van der Waals surface area contributed by atoms with Crippen molar-refractivity contribution in [2.45, 2.75) is 24.0 Å². The van der Waals surface area contributed by atoms with Crippen LogP contribution in [0.5, 0.6) is 0 Å². The number of thioether (sulfide) groups is 1. The highest BCUT2D eigenvalue weighted by atomic mass is 32.2. The van der Waals surface area contributed by atoms with E-state index in [-0.39, 0.29) is 22.6 Å². The number of carbonyl (C=O) groups excluding carboxylic acids is 1. The second-order valence-electron chi connectivity index (χ2n) is 4.29. The van der Waals surface area contributed by atoms with Crippen LogP contribution in [0, 0.1) is 5.92 Å². The highest BCUT2D eigenvalue weighted by Gasteiger charge is 2.29. The van der Waals surface area contributed by atoms with E-state index in [1.807, 2.05) is 13.8 Å². The first kappa shape index (κ1) is 12.0. The predicted molar refractivity (Wildman–Crippen MR) is 66.5 cm³/mol. The van der Waals surface area contributed by atoms with E-state index in [4.69, 9.17) is 5.11 Å². The highest BCUT2D eigenvalue weighted by Crippen LogP contribution is 2.38. The van der Waals surface area contributed by atoms with Gasteiger partial charge in [-0.3, -0.25) is 4.79 Å². The first-order valence-electron chi connectivity index (χ1n) is 5.34. The highest BCUT2D eigenvalue weighted by molar-refractivity contribution is 8.01. The number of fused-ring (bicyclic) bond motifs is 1. The minimum Gasteiger partial charge on any atom is -0.478 e. The Morgan fingerprint density at radius 1 is 1.47 bits per heavy atom. The van der Waals surface area contributed by atoms with E-state index in [2.05, 4.69) is 5.32 Å². The Labute approximate surface area is 103 Å². The topological polar surface area (TPSA) is 66.4 Å². The molecule has 1 amide bonds. The average molecular weight is 251 g/mol. The Kier molecular flexibility index (Phi) is 3.11. The van der Waals surface area contributed by atoms with Crippen LogP contribution in [0.2, 0.25) is 0 Å². The minimum atomic E-state index is -0.952. The number of aromatic carboxylic acids is 1. The zero-order valence-corrected chi connectivity index (χ0v) is 10.4. The minimum absolute atomic E-state index is 0.0134. The molecule has 0 spiro atoms. The number of anilines is 1. The Bertz CT molecular complexity index is 485. The van der Waals surface area contributed by atoms with Crippen molar-refractivity contribution in [2.24, 2.45) is 5.92 Å². The molecule has 1 aliphatic rings. The normalized spacial score (nSPS) is 18.8. The molecule has 0 saturated carbocycles. The fourth-order valence-corrected chi connectivity index (χ4v) is 2.84. The van der Waals surface area contributed by atoms with Crippen molar-refractivity contribution in [3.63, 3.8) is 0 Å². The Morgan fingerprint density at radius 2 is 2.18 bits per heavy atom. The van der Waals surface area contributed by atoms with Crippen LogP contribution in [-0.4, -0.2) is 22.2 Å². The molecule has 4 nitrogen and oxygen atoms in total. The lowest BCUT2D eigenvalue weighted by molar-refractivity contribution is -0.116. The van der Waals surface area contributed by atoms with Gasteiger partial charge in [0.15, 0.2) is 0 Å². The molecule has 1 aromatic carbocycles. The summed E-state index contributed by atoms with van der Waals surface area (Å²) in [5.41, 5.74) is 0.941. The number of rotatable bonds is 2. The summed E-state index contributed by atoms with van der Waals surface area (Å²) in [6, 6.07) is 4.75. The maximum absolute atomic E-state index is 11.8. The van der Waals surface area contributed by atoms with Gasteiger partial charge in [0.1, 0.15) is 0 Å². The van der Waals surface area contributed by atoms with E-state index in [1.54, 1.807) is 12.1 Å². The SMILES string of the molecule is CC(C)C1Sc2cc(C(=O)O)ccc2NC1=O. The van der Waals surface area contributed by atoms with Gasteiger partial charge in [0, 0.05) is 4.90 Å². The summed E-state index contributed by atoms with van der Waals surface area (Å²) in [6.45, 7) is 3.95. The van der Waals surface area contributed by atoms with Crippen molar-refractivity contribution in [3.05, 3.63) is 23.8 Å². The molecule has 2 rings (SSSR count). The Hall–Kier alpha value is -1.49. The van der Waals surface area contributed by atoms with Gasteiger partial charge in [-0.05, 0) is 24.1 Å². The molecule has 2 N–H and O–H groups in total. The van der Waals surface area contributed by atoms with E-state index in [0.29, 0.717) is 5.69 Å². The van der Waals surface area contributed by atoms with Crippen LogP contribution in [0.3, 0.4) is 0 Å². The van der Waals surface area contributed by atoms with E-state index in [1.165, 1.54) is 17.8 Å². The van der Waals surface area contributed by atoms with Crippen molar-refractivity contribution >= 4 is 29.3 Å². The van der Waals surface area contributed by atoms with Crippen molar-refractivity contribution in [1.29, 1.82) is 0 Å². The maximum Gasteiger partial charge on any atom is 0.335 e. The van der Waals surface area contributed by atoms with Gasteiger partial charge in [0.05, 0.1) is 16.5 Å². The molecule has 5 heteroatoms. The lowest BCUT2D eigenvalue weighted by Gasteiger charge is -2.26. The third-order valence-corrected chi connectivity index (χ3v) is 4.21. The van der Waals surface area contributed by atoms with Crippen molar-refractivity contribution in [1.82, 2.24) is 0 Å². The first-order chi connectivity index (χ1) is 7.99. The van der Waals surface area contributed by atoms with Crippen LogP contribution < -0.4 is 5.32 Å². The number of hydrogen-bond acceptors (Lipinski definition) is 3. The lowest BCUT2D eigenvalue weighted by Crippen LogP contribution is -2.32. The van der Waals surface area contributed by atoms with Gasteiger partial charge in [-0.2, -0.15) is 0 Å². The predicted octanol–water partition coefficient (Wildman–Crippen LogP) is 2.45. The second-order valence-corrected chi connectivity index (χ2v) is 5.47. The molecule has 0 bridgehead atoms. The van der Waals surface area contributed by atoms with Gasteiger partial charge >= 0.3 is 5.97 Å². The van der Waals surface area contributed by atoms with Crippen molar-refractivity contribution < 1.29 is 14.7 Å². The molecule has 90 valence electrons. The summed E-state index contributed by atoms with van der Waals surface area (Å²) in [5, 5.41) is 11.6. The molecule has 17 heavy (non-hydrogen) atoms. The number of carbonyl (C=O) groups is 2. The van der Waals surface area contributed by atoms with Gasteiger partial charge in [0.25, 0.3) is 0 Å². The Morgan fingerprint density at radius 3 is 2.76 bits per heavy atom. The van der Waals surface area contributed by atoms with E-state index >= 15 is 0 Å². The van der Waals surface area contributed by atoms with E-state index in [9.17, 15) is 9.59 Å². The van der Waals surface area contributed by atoms with Crippen LogP contribution >= 0.6 is 11.8 Å². The quantitative estimate of drug-likeness (QED) is 0.847. The number of nitrogens with one attached hydrogen (secondary N) is 1. The summed E-state index contributed by atoms with van der Waals surface area (Å²) in [6.07, 6.45) is 0. The Balaban J connectivity index is 2.37. The monoisotopic (exact) mass is 251 g/mol. The van der Waals surface area contributed by atoms with Gasteiger partial charge < -0.3 is 10.4 Å². The standard InChI is InChI=1S/C12H13NO3S/c1-6(2)10-11(14)13-8-4-3-7(12(15)16)5-9(8)17-10/h3-6,10H,1-2H3,(H,13,14)(H,15,16). The van der Waals surface area contributed by atoms with E-state index in [0.717, 1.165) is 4.90 Å². The summed E-state index contributed by atoms with van der Waals surface area (Å²) < 4.78 is 0. The number of carboxylic acids is 1. The number of hydrogen-bond donors (Lipinski definition) is 2. The number of benzene rings is 1. The molecule has 0 aliphatic carbocycles. The van der Waals surface area contributed by atoms with Gasteiger partial charge in [-0.25, -0.2) is 4.79 Å². The first-order valence-corrected chi connectivity index (χ1v) is 6.22. The third kappa shape index (κ3) is 2.29. The van der Waals surface area contributed by atoms with Crippen LogP contribution in [0.15, 0.2) is 23.1 Å². The summed E-state index contributed by atoms with van der Waals surface area (Å²) in [5.74, 6) is -0.756. The molecule has 1 aromatic rings. The fraction of sp³-hybridized carbons (Fsp3) is 0.333. The van der Waals surface area contributed by atoms with Gasteiger partial charge in [-0.15, -0.1) is 11.8 Å². The molecular formula is C12H13NO3S. The molecule has 0 fully saturated rings. The van der Waals surface area contributed by atoms with E-state index < -0.39 is 5.97 Å². The molecule has 1 atom stereocenters. The van der Waals surface area contributed by atoms with Gasteiger partial charge in [-0.1, -0.05) is 13.8 Å². The summed E-state index contributed by atoms with van der Waals surface area (Å²) in [4.78, 5) is 23.5. The second kappa shape index (κ2) is 4.41. The lowest BCUT2D eigenvalue weighted by atomic mass is 10.1. The van der Waals surface area contributed by atoms with Crippen LogP contribution in [-0.2, 0) is 4.79 Å². The van der Waals surface area contributed by atoms with Crippen molar-refractivity contribution in [3.8, 4) is 0 Å². The summed E-state index contributed by atoms with van der Waals surface area (Å²) in [7, 11) is 0. The van der Waals surface area contributed by atoms with Crippen LogP contribution in [0.25, 0.3) is 0 Å².